The average Bonchev–Trinajstić information content (AvgIpc) is 3.11. The van der Waals surface area contributed by atoms with Gasteiger partial charge in [0.25, 0.3) is 5.91 Å². The second kappa shape index (κ2) is 10.0. The van der Waals surface area contributed by atoms with E-state index in [1.807, 2.05) is 93.6 Å². The number of aromatic nitrogens is 1. The van der Waals surface area contributed by atoms with Crippen LogP contribution in [0.3, 0.4) is 0 Å². The molecule has 1 heterocycles. The lowest BCUT2D eigenvalue weighted by molar-refractivity contribution is -0.123. The minimum atomic E-state index is -0.320. The van der Waals surface area contributed by atoms with Crippen molar-refractivity contribution in [2.24, 2.45) is 5.10 Å². The van der Waals surface area contributed by atoms with Crippen LogP contribution in [-0.2, 0) is 4.79 Å². The normalized spacial score (nSPS) is 11.1. The van der Waals surface area contributed by atoms with Crippen molar-refractivity contribution in [3.05, 3.63) is 89.7 Å². The summed E-state index contributed by atoms with van der Waals surface area (Å²) in [6, 6.07) is 23.7. The van der Waals surface area contributed by atoms with Gasteiger partial charge in [0.15, 0.2) is 6.61 Å². The maximum absolute atomic E-state index is 12.2. The van der Waals surface area contributed by atoms with Crippen LogP contribution in [0.5, 0.6) is 11.5 Å². The van der Waals surface area contributed by atoms with Gasteiger partial charge in [-0.2, -0.15) is 5.10 Å². The zero-order chi connectivity index (χ0) is 23.2. The second-order valence-corrected chi connectivity index (χ2v) is 7.65. The van der Waals surface area contributed by atoms with Crippen LogP contribution in [-0.4, -0.2) is 29.9 Å². The molecule has 33 heavy (non-hydrogen) atoms. The zero-order valence-corrected chi connectivity index (χ0v) is 19.0. The number of hydrogen-bond donors (Lipinski definition) is 1. The predicted molar refractivity (Wildman–Crippen MR) is 132 cm³/mol. The molecule has 3 aromatic carbocycles. The number of carbonyl (C=O) groups is 1. The topological polar surface area (TPSA) is 64.8 Å². The molecule has 1 amide bonds. The third-order valence-corrected chi connectivity index (χ3v) is 5.38. The summed E-state index contributed by atoms with van der Waals surface area (Å²) in [5.74, 6) is 1.20. The van der Waals surface area contributed by atoms with Crippen LogP contribution in [0, 0.1) is 13.8 Å². The average molecular weight is 442 g/mol. The van der Waals surface area contributed by atoms with Gasteiger partial charge < -0.3 is 14.0 Å². The number of hydrogen-bond acceptors (Lipinski definition) is 4. The van der Waals surface area contributed by atoms with Gasteiger partial charge in [-0.05, 0) is 62.6 Å². The fraction of sp³-hybridized carbons (Fsp3) is 0.185. The number of benzene rings is 3. The fourth-order valence-corrected chi connectivity index (χ4v) is 3.84. The molecule has 0 aliphatic heterocycles. The van der Waals surface area contributed by atoms with Gasteiger partial charge in [0, 0.05) is 28.0 Å². The van der Waals surface area contributed by atoms with Crippen molar-refractivity contribution in [2.75, 3.05) is 13.2 Å². The molecule has 1 N–H and O–H groups in total. The molecule has 6 heteroatoms. The van der Waals surface area contributed by atoms with Crippen molar-refractivity contribution >= 4 is 22.9 Å². The highest BCUT2D eigenvalue weighted by Crippen LogP contribution is 2.25. The molecule has 0 saturated heterocycles. The van der Waals surface area contributed by atoms with Gasteiger partial charge in [0.2, 0.25) is 0 Å². The van der Waals surface area contributed by atoms with Gasteiger partial charge in [-0.1, -0.05) is 36.4 Å². The van der Waals surface area contributed by atoms with Gasteiger partial charge >= 0.3 is 0 Å². The largest absolute Gasteiger partial charge is 0.494 e. The number of nitrogens with one attached hydrogen (secondary N) is 1. The van der Waals surface area contributed by atoms with Gasteiger partial charge in [-0.15, -0.1) is 0 Å². The van der Waals surface area contributed by atoms with Gasteiger partial charge in [0.05, 0.1) is 12.8 Å². The van der Waals surface area contributed by atoms with E-state index in [1.54, 1.807) is 6.21 Å². The Bertz CT molecular complexity index is 1280. The lowest BCUT2D eigenvalue weighted by Gasteiger charge is -2.11. The van der Waals surface area contributed by atoms with Crippen LogP contribution in [0.1, 0.15) is 23.9 Å². The number of aryl methyl sites for hydroxylation is 1. The van der Waals surface area contributed by atoms with Crippen molar-refractivity contribution in [2.45, 2.75) is 20.8 Å². The standard InChI is InChI=1S/C27H27N3O3/c1-4-32-24-14-12-23(13-15-24)30-19(2)16-22(20(30)3)17-28-29-27(31)18-33-26-11-7-9-21-8-5-6-10-25(21)26/h5-17H,4,18H2,1-3H3,(H,29,31)/b28-17+. The van der Waals surface area contributed by atoms with E-state index in [0.29, 0.717) is 12.4 Å². The van der Waals surface area contributed by atoms with Crippen LogP contribution in [0.2, 0.25) is 0 Å². The molecule has 1 aromatic heterocycles. The summed E-state index contributed by atoms with van der Waals surface area (Å²) in [5, 5.41) is 6.16. The minimum Gasteiger partial charge on any atom is -0.494 e. The molecule has 4 rings (SSSR count). The van der Waals surface area contributed by atoms with Crippen LogP contribution < -0.4 is 14.9 Å². The van der Waals surface area contributed by atoms with Crippen molar-refractivity contribution in [3.63, 3.8) is 0 Å². The molecule has 0 radical (unpaired) electrons. The van der Waals surface area contributed by atoms with E-state index < -0.39 is 0 Å². The lowest BCUT2D eigenvalue weighted by atomic mass is 10.1. The summed E-state index contributed by atoms with van der Waals surface area (Å²) in [6.07, 6.45) is 1.66. The number of nitrogens with zero attached hydrogens (tertiary/aromatic N) is 2. The SMILES string of the molecule is CCOc1ccc(-n2c(C)cc(/C=N/NC(=O)COc3cccc4ccccc34)c2C)cc1. The highest BCUT2D eigenvalue weighted by molar-refractivity contribution is 5.89. The van der Waals surface area contributed by atoms with Crippen molar-refractivity contribution in [1.82, 2.24) is 9.99 Å². The predicted octanol–water partition coefficient (Wildman–Crippen LogP) is 5.18. The lowest BCUT2D eigenvalue weighted by Crippen LogP contribution is -2.24. The Balaban J connectivity index is 1.39. The number of carbonyl (C=O) groups excluding carboxylic acids is 1. The van der Waals surface area contributed by atoms with Crippen molar-refractivity contribution in [3.8, 4) is 17.2 Å². The summed E-state index contributed by atoms with van der Waals surface area (Å²) in [4.78, 5) is 12.2. The highest BCUT2D eigenvalue weighted by Gasteiger charge is 2.10. The molecule has 0 aliphatic carbocycles. The zero-order valence-electron chi connectivity index (χ0n) is 19.0. The summed E-state index contributed by atoms with van der Waals surface area (Å²) >= 11 is 0. The van der Waals surface area contributed by atoms with E-state index in [4.69, 9.17) is 9.47 Å². The third kappa shape index (κ3) is 5.06. The van der Waals surface area contributed by atoms with E-state index in [0.717, 1.165) is 39.2 Å². The van der Waals surface area contributed by atoms with Gasteiger partial charge in [-0.3, -0.25) is 4.79 Å². The van der Waals surface area contributed by atoms with E-state index in [-0.39, 0.29) is 12.5 Å². The summed E-state index contributed by atoms with van der Waals surface area (Å²) < 4.78 is 13.4. The number of fused-ring (bicyclic) bond motifs is 1. The van der Waals surface area contributed by atoms with E-state index in [2.05, 4.69) is 15.1 Å². The molecular formula is C27H27N3O3. The molecule has 168 valence electrons. The van der Waals surface area contributed by atoms with E-state index in [1.165, 1.54) is 0 Å². The third-order valence-electron chi connectivity index (χ3n) is 5.38. The first-order valence-electron chi connectivity index (χ1n) is 10.9. The quantitative estimate of drug-likeness (QED) is 0.303. The summed E-state index contributed by atoms with van der Waals surface area (Å²) in [5.41, 5.74) is 6.62. The first-order valence-corrected chi connectivity index (χ1v) is 10.9. The monoisotopic (exact) mass is 441 g/mol. The Morgan fingerprint density at radius 2 is 1.76 bits per heavy atom. The Morgan fingerprint density at radius 3 is 2.55 bits per heavy atom. The first kappa shape index (κ1) is 22.1. The van der Waals surface area contributed by atoms with Crippen LogP contribution in [0.4, 0.5) is 0 Å². The van der Waals surface area contributed by atoms with E-state index >= 15 is 0 Å². The molecule has 0 atom stereocenters. The van der Waals surface area contributed by atoms with Gasteiger partial charge in [-0.25, -0.2) is 5.43 Å². The summed E-state index contributed by atoms with van der Waals surface area (Å²) in [7, 11) is 0. The second-order valence-electron chi connectivity index (χ2n) is 7.65. The Morgan fingerprint density at radius 1 is 1.00 bits per heavy atom. The van der Waals surface area contributed by atoms with Crippen LogP contribution in [0.15, 0.2) is 77.9 Å². The highest BCUT2D eigenvalue weighted by atomic mass is 16.5. The van der Waals surface area contributed by atoms with Crippen LogP contribution >= 0.6 is 0 Å². The fourth-order valence-electron chi connectivity index (χ4n) is 3.84. The number of rotatable bonds is 8. The van der Waals surface area contributed by atoms with Crippen molar-refractivity contribution < 1.29 is 14.3 Å². The molecule has 4 aromatic rings. The molecule has 0 saturated carbocycles. The van der Waals surface area contributed by atoms with Gasteiger partial charge in [0.1, 0.15) is 11.5 Å². The van der Waals surface area contributed by atoms with E-state index in [9.17, 15) is 4.79 Å². The molecule has 0 aliphatic rings. The molecule has 0 fully saturated rings. The molecule has 0 spiro atoms. The first-order chi connectivity index (χ1) is 16.1. The Hall–Kier alpha value is -4.06. The number of ether oxygens (including phenoxy) is 2. The number of hydrazone groups is 1. The molecular weight excluding hydrogens is 414 g/mol. The molecule has 6 nitrogen and oxygen atoms in total. The maximum Gasteiger partial charge on any atom is 0.277 e. The minimum absolute atomic E-state index is 0.115. The Labute approximate surface area is 193 Å². The Kier molecular flexibility index (Phi) is 6.74. The van der Waals surface area contributed by atoms with Crippen LogP contribution in [0.25, 0.3) is 16.5 Å². The number of amides is 1. The molecule has 0 bridgehead atoms. The smallest absolute Gasteiger partial charge is 0.277 e. The molecule has 0 unspecified atom stereocenters. The summed E-state index contributed by atoms with van der Waals surface area (Å²) in [6.45, 7) is 6.55. The maximum atomic E-state index is 12.2. The van der Waals surface area contributed by atoms with Crippen molar-refractivity contribution in [1.29, 1.82) is 0 Å².